The van der Waals surface area contributed by atoms with Crippen LogP contribution in [0.5, 0.6) is 0 Å². The van der Waals surface area contributed by atoms with Gasteiger partial charge in [-0.25, -0.2) is 10.6 Å². The Kier molecular flexibility index (Phi) is 4.96. The summed E-state index contributed by atoms with van der Waals surface area (Å²) in [5, 5.41) is 0. The van der Waals surface area contributed by atoms with E-state index in [4.69, 9.17) is 10.6 Å². The molecular weight excluding hydrogens is 270 g/mol. The monoisotopic (exact) mass is 293 g/mol. The van der Waals surface area contributed by atoms with Gasteiger partial charge in [-0.05, 0) is 20.8 Å². The average Bonchev–Trinajstić information content (AvgIpc) is 2.43. The Morgan fingerprint density at radius 2 is 2.05 bits per heavy atom. The zero-order valence-corrected chi connectivity index (χ0v) is 12.9. The first kappa shape index (κ1) is 17.0. The van der Waals surface area contributed by atoms with Crippen LogP contribution < -0.4 is 11.3 Å². The van der Waals surface area contributed by atoms with Crippen LogP contribution in [-0.2, 0) is 9.53 Å². The first-order valence-corrected chi connectivity index (χ1v) is 6.64. The van der Waals surface area contributed by atoms with E-state index in [0.717, 1.165) is 0 Å². The van der Waals surface area contributed by atoms with Gasteiger partial charge in [0.2, 0.25) is 5.91 Å². The van der Waals surface area contributed by atoms with Crippen LogP contribution >= 0.6 is 0 Å². The minimum absolute atomic E-state index is 0.446. The van der Waals surface area contributed by atoms with Gasteiger partial charge in [0.1, 0.15) is 11.0 Å². The van der Waals surface area contributed by atoms with Gasteiger partial charge in [-0.1, -0.05) is 30.4 Å². The first-order chi connectivity index (χ1) is 9.68. The van der Waals surface area contributed by atoms with Gasteiger partial charge >= 0.3 is 6.09 Å². The lowest BCUT2D eigenvalue weighted by atomic mass is 9.76. The fraction of sp³-hybridized carbons (Fsp3) is 0.467. The molecule has 1 aliphatic carbocycles. The molecule has 21 heavy (non-hydrogen) atoms. The van der Waals surface area contributed by atoms with Crippen LogP contribution in [-0.4, -0.2) is 35.6 Å². The van der Waals surface area contributed by atoms with Crippen molar-refractivity contribution in [3.8, 4) is 0 Å². The Hall–Kier alpha value is -2.08. The van der Waals surface area contributed by atoms with Crippen LogP contribution in [0.2, 0.25) is 0 Å². The third-order valence-corrected chi connectivity index (χ3v) is 3.23. The van der Waals surface area contributed by atoms with E-state index >= 15 is 0 Å². The Morgan fingerprint density at radius 1 is 1.43 bits per heavy atom. The summed E-state index contributed by atoms with van der Waals surface area (Å²) in [6.07, 6.45) is 7.83. The van der Waals surface area contributed by atoms with Crippen molar-refractivity contribution in [2.75, 3.05) is 7.05 Å². The molecule has 0 aliphatic heterocycles. The van der Waals surface area contributed by atoms with Crippen LogP contribution in [0.4, 0.5) is 4.79 Å². The van der Waals surface area contributed by atoms with Crippen LogP contribution in [0.3, 0.4) is 0 Å². The van der Waals surface area contributed by atoms with Gasteiger partial charge in [-0.2, -0.15) is 0 Å². The molecule has 0 saturated heterocycles. The highest BCUT2D eigenvalue weighted by atomic mass is 16.6. The quantitative estimate of drug-likeness (QED) is 0.357. The molecule has 6 nitrogen and oxygen atoms in total. The minimum Gasteiger partial charge on any atom is -0.444 e. The molecule has 1 aliphatic rings. The lowest BCUT2D eigenvalue weighted by Gasteiger charge is -2.39. The van der Waals surface area contributed by atoms with Crippen molar-refractivity contribution >= 4 is 12.0 Å². The molecule has 1 unspecified atom stereocenters. The van der Waals surface area contributed by atoms with Crippen molar-refractivity contribution in [3.63, 3.8) is 0 Å². The molecule has 0 aromatic heterocycles. The van der Waals surface area contributed by atoms with Crippen molar-refractivity contribution in [1.29, 1.82) is 0 Å². The number of amides is 2. The van der Waals surface area contributed by atoms with Crippen molar-refractivity contribution in [3.05, 3.63) is 37.0 Å². The molecule has 0 spiro atoms. The van der Waals surface area contributed by atoms with E-state index in [2.05, 4.69) is 12.0 Å². The highest BCUT2D eigenvalue weighted by Crippen LogP contribution is 2.33. The molecule has 0 fully saturated rings. The van der Waals surface area contributed by atoms with Gasteiger partial charge in [-0.3, -0.25) is 10.2 Å². The molecule has 0 aromatic carbocycles. The van der Waals surface area contributed by atoms with Crippen molar-refractivity contribution in [2.45, 2.75) is 32.4 Å². The normalized spacial score (nSPS) is 24.3. The highest BCUT2D eigenvalue weighted by molar-refractivity contribution is 5.88. The first-order valence-electron chi connectivity index (χ1n) is 6.64. The van der Waals surface area contributed by atoms with Crippen LogP contribution in [0.25, 0.3) is 0 Å². The topological polar surface area (TPSA) is 84.7 Å². The summed E-state index contributed by atoms with van der Waals surface area (Å²) in [6.45, 7) is 9.05. The Bertz CT molecular complexity index is 491. The summed E-state index contributed by atoms with van der Waals surface area (Å²) in [5.41, 5.74) is 0.376. The molecule has 116 valence electrons. The summed E-state index contributed by atoms with van der Waals surface area (Å²) in [4.78, 5) is 25.8. The third kappa shape index (κ3) is 3.52. The predicted octanol–water partition coefficient (Wildman–Crippen LogP) is 1.51. The summed E-state index contributed by atoms with van der Waals surface area (Å²) >= 11 is 0. The summed E-state index contributed by atoms with van der Waals surface area (Å²) in [6, 6.07) is -0.571. The smallest absolute Gasteiger partial charge is 0.410 e. The van der Waals surface area contributed by atoms with Crippen molar-refractivity contribution in [2.24, 2.45) is 11.3 Å². The number of hydrazine groups is 1. The fourth-order valence-electron chi connectivity index (χ4n) is 2.16. The fourth-order valence-corrected chi connectivity index (χ4v) is 2.16. The van der Waals surface area contributed by atoms with E-state index in [9.17, 15) is 9.59 Å². The average molecular weight is 293 g/mol. The number of likely N-dealkylation sites (N-methyl/N-ethyl adjacent to an activating group) is 1. The molecule has 0 aromatic rings. The SMILES string of the molecule is C=C[C@@]1(C(=O)NN)C=CC=CC1N(C)C(=O)OC(C)(C)C. The zero-order valence-electron chi connectivity index (χ0n) is 12.9. The molecule has 6 heteroatoms. The predicted molar refractivity (Wildman–Crippen MR) is 81.0 cm³/mol. The van der Waals surface area contributed by atoms with Crippen LogP contribution in [0.15, 0.2) is 37.0 Å². The van der Waals surface area contributed by atoms with Crippen molar-refractivity contribution in [1.82, 2.24) is 10.3 Å². The number of allylic oxidation sites excluding steroid dienone is 2. The maximum Gasteiger partial charge on any atom is 0.410 e. The minimum atomic E-state index is -1.13. The maximum atomic E-state index is 12.2. The summed E-state index contributed by atoms with van der Waals surface area (Å²) < 4.78 is 5.34. The van der Waals surface area contributed by atoms with Gasteiger partial charge in [-0.15, -0.1) is 6.58 Å². The number of carbonyl (C=O) groups excluding carboxylic acids is 2. The second-order valence-corrected chi connectivity index (χ2v) is 5.89. The van der Waals surface area contributed by atoms with E-state index in [1.54, 1.807) is 52.1 Å². The van der Waals surface area contributed by atoms with Crippen LogP contribution in [0.1, 0.15) is 20.8 Å². The van der Waals surface area contributed by atoms with Gasteiger partial charge in [0, 0.05) is 7.05 Å². The summed E-state index contributed by atoms with van der Waals surface area (Å²) in [5.74, 6) is 4.82. The highest BCUT2D eigenvalue weighted by Gasteiger charge is 2.44. The molecule has 0 saturated carbocycles. The number of hydrogen-bond donors (Lipinski definition) is 2. The van der Waals surface area contributed by atoms with Gasteiger partial charge in [0.25, 0.3) is 0 Å². The number of nitrogens with zero attached hydrogens (tertiary/aromatic N) is 1. The Morgan fingerprint density at radius 3 is 2.52 bits per heavy atom. The number of nitrogens with two attached hydrogens (primary N) is 1. The molecule has 0 heterocycles. The van der Waals surface area contributed by atoms with Crippen LogP contribution in [0, 0.1) is 5.41 Å². The molecule has 0 bridgehead atoms. The second kappa shape index (κ2) is 6.13. The molecule has 1 rings (SSSR count). The largest absolute Gasteiger partial charge is 0.444 e. The molecule has 2 atom stereocenters. The lowest BCUT2D eigenvalue weighted by Crippen LogP contribution is -2.55. The third-order valence-electron chi connectivity index (χ3n) is 3.23. The molecule has 2 amide bonds. The van der Waals surface area contributed by atoms with Gasteiger partial charge < -0.3 is 9.64 Å². The number of carbonyl (C=O) groups is 2. The van der Waals surface area contributed by atoms with E-state index in [1.165, 1.54) is 11.0 Å². The van der Waals surface area contributed by atoms with Gasteiger partial charge in [0.05, 0.1) is 6.04 Å². The van der Waals surface area contributed by atoms with E-state index in [0.29, 0.717) is 0 Å². The van der Waals surface area contributed by atoms with Gasteiger partial charge in [0.15, 0.2) is 0 Å². The number of rotatable bonds is 3. The molecular formula is C15H23N3O3. The number of nitrogens with one attached hydrogen (secondary N) is 1. The van der Waals surface area contributed by atoms with E-state index < -0.39 is 29.1 Å². The number of ether oxygens (including phenoxy) is 1. The standard InChI is InChI=1S/C15H23N3O3/c1-6-15(12(19)17-16)10-8-7-9-11(15)18(5)13(20)21-14(2,3)4/h6-11H,1,16H2,2-5H3,(H,17,19)/t11?,15-/m1/s1. The lowest BCUT2D eigenvalue weighted by molar-refractivity contribution is -0.128. The Labute approximate surface area is 125 Å². The Balaban J connectivity index is 3.10. The van der Waals surface area contributed by atoms with Crippen molar-refractivity contribution < 1.29 is 14.3 Å². The maximum absolute atomic E-state index is 12.2. The molecule has 0 radical (unpaired) electrons. The zero-order chi connectivity index (χ0) is 16.3. The van der Waals surface area contributed by atoms with E-state index in [-0.39, 0.29) is 0 Å². The van der Waals surface area contributed by atoms with E-state index in [1.807, 2.05) is 0 Å². The summed E-state index contributed by atoms with van der Waals surface area (Å²) in [7, 11) is 1.57. The molecule has 3 N–H and O–H groups in total. The number of hydrogen-bond acceptors (Lipinski definition) is 4. The second-order valence-electron chi connectivity index (χ2n) is 5.89.